The third-order valence-corrected chi connectivity index (χ3v) is 7.27. The first-order valence-electron chi connectivity index (χ1n) is 12.1. The lowest BCUT2D eigenvalue weighted by atomic mass is 10.1. The average molecular weight is 521 g/mol. The number of nitrogens with zero attached hydrogens (tertiary/aromatic N) is 7. The quantitative estimate of drug-likeness (QED) is 0.327. The van der Waals surface area contributed by atoms with E-state index < -0.39 is 11.2 Å². The zero-order chi connectivity index (χ0) is 26.1. The molecule has 192 valence electrons. The lowest BCUT2D eigenvalue weighted by molar-refractivity contribution is 0.397. The second-order valence-corrected chi connectivity index (χ2v) is 10.4. The smallest absolute Gasteiger partial charge is 0.295 e. The van der Waals surface area contributed by atoms with E-state index in [9.17, 15) is 9.35 Å². The predicted octanol–water partition coefficient (Wildman–Crippen LogP) is 3.25. The van der Waals surface area contributed by atoms with Crippen molar-refractivity contribution in [1.29, 1.82) is 0 Å². The summed E-state index contributed by atoms with van der Waals surface area (Å²) in [4.78, 5) is 40.5. The van der Waals surface area contributed by atoms with Gasteiger partial charge in [-0.05, 0) is 37.8 Å². The summed E-state index contributed by atoms with van der Waals surface area (Å²) >= 11 is -1.15. The van der Waals surface area contributed by atoms with Crippen molar-refractivity contribution < 1.29 is 9.29 Å². The van der Waals surface area contributed by atoms with Crippen LogP contribution in [0.5, 0.6) is 5.88 Å². The van der Waals surface area contributed by atoms with Crippen LogP contribution in [0.15, 0.2) is 40.7 Å². The van der Waals surface area contributed by atoms with Crippen molar-refractivity contribution in [2.24, 2.45) is 0 Å². The summed E-state index contributed by atoms with van der Waals surface area (Å²) in [5.74, 6) is 1.34. The second kappa shape index (κ2) is 10.4. The fourth-order valence-corrected chi connectivity index (χ4v) is 4.57. The number of fused-ring (bicyclic) bond motifs is 1. The maximum Gasteiger partial charge on any atom is 0.295 e. The van der Waals surface area contributed by atoms with Crippen LogP contribution in [0, 0.1) is 0 Å². The minimum absolute atomic E-state index is 0.126. The van der Waals surface area contributed by atoms with Gasteiger partial charge in [-0.15, -0.1) is 0 Å². The maximum absolute atomic E-state index is 13.6. The highest BCUT2D eigenvalue weighted by Crippen LogP contribution is 2.44. The molecule has 37 heavy (non-hydrogen) atoms. The number of nitrogens with one attached hydrogen (secondary N) is 1. The van der Waals surface area contributed by atoms with Crippen molar-refractivity contribution in [2.45, 2.75) is 56.6 Å². The Morgan fingerprint density at radius 2 is 2.00 bits per heavy atom. The van der Waals surface area contributed by atoms with Crippen LogP contribution in [0.4, 0.5) is 5.82 Å². The second-order valence-electron chi connectivity index (χ2n) is 9.03. The molecule has 4 aromatic rings. The highest BCUT2D eigenvalue weighted by molar-refractivity contribution is 7.90. The fraction of sp³-hybridized carbons (Fsp3) is 0.400. The SMILES string of the molecule is CC[C@@H](C)n1c(=O)c(NCc2ccc([S+](C)[O-])nc2)nc2cnc(-c3c(OC)ncnc3C3CC3)nc21. The van der Waals surface area contributed by atoms with E-state index in [2.05, 4.69) is 30.2 Å². The molecule has 12 heteroatoms. The highest BCUT2D eigenvalue weighted by atomic mass is 32.2. The van der Waals surface area contributed by atoms with Gasteiger partial charge >= 0.3 is 0 Å². The zero-order valence-corrected chi connectivity index (χ0v) is 21.9. The monoisotopic (exact) mass is 520 g/mol. The molecule has 2 atom stereocenters. The predicted molar refractivity (Wildman–Crippen MR) is 140 cm³/mol. The standard InChI is InChI=1S/C25H28N8O3S/c1-5-14(2)33-23-17(31-22(25(33)34)27-11-15-6-9-18(26-10-15)37(4)35)12-28-21(32-23)19-20(16-7-8-16)29-13-30-24(19)36-3/h6,9-10,12-14,16H,5,7-8,11H2,1-4H3,(H,27,31)/t14-,37?/m1/s1. The normalized spacial score (nSPS) is 14.9. The lowest BCUT2D eigenvalue weighted by Gasteiger charge is -2.18. The van der Waals surface area contributed by atoms with E-state index in [4.69, 9.17) is 9.72 Å². The average Bonchev–Trinajstić information content (AvgIpc) is 3.76. The summed E-state index contributed by atoms with van der Waals surface area (Å²) < 4.78 is 18.8. The number of hydrogen-bond donors (Lipinski definition) is 1. The first-order chi connectivity index (χ1) is 17.9. The van der Waals surface area contributed by atoms with Gasteiger partial charge in [0.15, 0.2) is 17.3 Å². The largest absolute Gasteiger partial charge is 0.610 e. The zero-order valence-electron chi connectivity index (χ0n) is 21.1. The van der Waals surface area contributed by atoms with Gasteiger partial charge in [-0.25, -0.2) is 29.9 Å². The molecule has 0 radical (unpaired) electrons. The van der Waals surface area contributed by atoms with E-state index >= 15 is 0 Å². The first kappa shape index (κ1) is 25.0. The number of methoxy groups -OCH3 is 1. The molecule has 0 bridgehead atoms. The van der Waals surface area contributed by atoms with Gasteiger partial charge in [0.25, 0.3) is 5.56 Å². The molecular formula is C25H28N8O3S. The molecule has 1 N–H and O–H groups in total. The molecule has 0 saturated heterocycles. The Morgan fingerprint density at radius 3 is 2.65 bits per heavy atom. The van der Waals surface area contributed by atoms with Crippen LogP contribution in [-0.2, 0) is 17.7 Å². The molecular weight excluding hydrogens is 492 g/mol. The van der Waals surface area contributed by atoms with Crippen molar-refractivity contribution >= 4 is 28.2 Å². The Labute approximate surface area is 217 Å². The number of ether oxygens (including phenoxy) is 1. The van der Waals surface area contributed by atoms with Crippen molar-refractivity contribution in [3.8, 4) is 17.3 Å². The van der Waals surface area contributed by atoms with E-state index in [1.165, 1.54) is 6.33 Å². The van der Waals surface area contributed by atoms with Gasteiger partial charge in [-0.1, -0.05) is 6.92 Å². The number of aromatic nitrogens is 7. The molecule has 5 rings (SSSR count). The number of rotatable bonds is 9. The molecule has 0 spiro atoms. The molecule has 4 aromatic heterocycles. The Hall–Kier alpha value is -3.64. The molecule has 1 aliphatic rings. The van der Waals surface area contributed by atoms with Crippen LogP contribution in [0.3, 0.4) is 0 Å². The lowest BCUT2D eigenvalue weighted by Crippen LogP contribution is -2.28. The van der Waals surface area contributed by atoms with Gasteiger partial charge < -0.3 is 14.6 Å². The van der Waals surface area contributed by atoms with Crippen LogP contribution >= 0.6 is 0 Å². The summed E-state index contributed by atoms with van der Waals surface area (Å²) in [5, 5.41) is 3.64. The summed E-state index contributed by atoms with van der Waals surface area (Å²) in [5.41, 5.74) is 3.01. The molecule has 1 unspecified atom stereocenters. The van der Waals surface area contributed by atoms with Crippen LogP contribution in [0.2, 0.25) is 0 Å². The summed E-state index contributed by atoms with van der Waals surface area (Å²) in [6, 6.07) is 3.41. The van der Waals surface area contributed by atoms with Crippen molar-refractivity contribution in [1.82, 2.24) is 34.5 Å². The number of anilines is 1. The van der Waals surface area contributed by atoms with E-state index in [0.717, 1.165) is 30.5 Å². The van der Waals surface area contributed by atoms with Gasteiger partial charge in [0.05, 0.1) is 19.0 Å². The van der Waals surface area contributed by atoms with Crippen molar-refractivity contribution in [3.63, 3.8) is 0 Å². The highest BCUT2D eigenvalue weighted by Gasteiger charge is 2.31. The molecule has 0 amide bonds. The topological polar surface area (TPSA) is 144 Å². The van der Waals surface area contributed by atoms with Crippen LogP contribution in [-0.4, -0.2) is 52.4 Å². The van der Waals surface area contributed by atoms with Gasteiger partial charge in [0, 0.05) is 41.9 Å². The van der Waals surface area contributed by atoms with Crippen LogP contribution in [0.1, 0.15) is 56.3 Å². The molecule has 1 saturated carbocycles. The Balaban J connectivity index is 1.56. The number of pyridine rings is 1. The van der Waals surface area contributed by atoms with Crippen molar-refractivity contribution in [2.75, 3.05) is 18.7 Å². The Kier molecular flexibility index (Phi) is 7.02. The van der Waals surface area contributed by atoms with Gasteiger partial charge in [0.2, 0.25) is 10.9 Å². The van der Waals surface area contributed by atoms with Crippen LogP contribution in [0.25, 0.3) is 22.6 Å². The van der Waals surface area contributed by atoms with Gasteiger partial charge in [-0.2, -0.15) is 0 Å². The van der Waals surface area contributed by atoms with E-state index in [1.54, 1.807) is 36.4 Å². The molecule has 1 fully saturated rings. The Bertz CT molecular complexity index is 1490. The van der Waals surface area contributed by atoms with E-state index in [1.807, 2.05) is 19.9 Å². The van der Waals surface area contributed by atoms with Gasteiger partial charge in [0.1, 0.15) is 23.7 Å². The minimum Gasteiger partial charge on any atom is -0.610 e. The first-order valence-corrected chi connectivity index (χ1v) is 13.7. The molecule has 1 aliphatic carbocycles. The minimum atomic E-state index is -1.15. The number of hydrogen-bond acceptors (Lipinski definition) is 10. The summed E-state index contributed by atoms with van der Waals surface area (Å²) in [6.45, 7) is 4.32. The van der Waals surface area contributed by atoms with Crippen LogP contribution < -0.4 is 15.6 Å². The third-order valence-electron chi connectivity index (χ3n) is 6.44. The maximum atomic E-state index is 13.6. The summed E-state index contributed by atoms with van der Waals surface area (Å²) in [6.07, 6.45) is 9.15. The van der Waals surface area contributed by atoms with E-state index in [-0.39, 0.29) is 17.4 Å². The fourth-order valence-electron chi connectivity index (χ4n) is 4.11. The molecule has 4 heterocycles. The molecule has 11 nitrogen and oxygen atoms in total. The molecule has 0 aromatic carbocycles. The van der Waals surface area contributed by atoms with Gasteiger partial charge in [-0.3, -0.25) is 9.36 Å². The van der Waals surface area contributed by atoms with E-state index in [0.29, 0.717) is 45.9 Å². The Morgan fingerprint density at radius 1 is 1.19 bits per heavy atom. The van der Waals surface area contributed by atoms with Crippen molar-refractivity contribution in [3.05, 3.63) is 52.5 Å². The molecule has 0 aliphatic heterocycles. The third kappa shape index (κ3) is 4.98. The summed E-state index contributed by atoms with van der Waals surface area (Å²) in [7, 11) is 1.56.